The lowest BCUT2D eigenvalue weighted by molar-refractivity contribution is 0.118. The summed E-state index contributed by atoms with van der Waals surface area (Å²) < 4.78 is 6.55. The molecule has 0 amide bonds. The molecule has 2 N–H and O–H groups in total. The Morgan fingerprint density at radius 1 is 1.14 bits per heavy atom. The van der Waals surface area contributed by atoms with E-state index < -0.39 is 0 Å². The van der Waals surface area contributed by atoms with Crippen LogP contribution in [0.3, 0.4) is 0 Å². The lowest BCUT2D eigenvalue weighted by atomic mass is 9.91. The summed E-state index contributed by atoms with van der Waals surface area (Å²) in [5.74, 6) is 1.02. The Labute approximate surface area is 175 Å². The third-order valence-electron chi connectivity index (χ3n) is 7.09. The van der Waals surface area contributed by atoms with Crippen molar-refractivity contribution < 1.29 is 4.74 Å². The van der Waals surface area contributed by atoms with Gasteiger partial charge in [0.05, 0.1) is 6.10 Å². The maximum atomic E-state index is 8.09. The fourth-order valence-corrected chi connectivity index (χ4v) is 4.57. The normalized spacial score (nSPS) is 24.0. The third-order valence-corrected chi connectivity index (χ3v) is 7.09. The van der Waals surface area contributed by atoms with Crippen LogP contribution < -0.4 is 15.0 Å². The van der Waals surface area contributed by atoms with Gasteiger partial charge in [0, 0.05) is 53.9 Å². The van der Waals surface area contributed by atoms with E-state index in [1.165, 1.54) is 23.9 Å². The number of benzene rings is 1. The average Bonchev–Trinajstić information content (AvgIpc) is 2.70. The molecule has 0 bridgehead atoms. The molecular weight excluding hydrogens is 360 g/mol. The summed E-state index contributed by atoms with van der Waals surface area (Å²) in [6, 6.07) is 5.42. The average molecular weight is 397 g/mol. The molecule has 0 spiro atoms. The number of fused-ring (bicyclic) bond motifs is 1. The first-order valence-electron chi connectivity index (χ1n) is 11.3. The van der Waals surface area contributed by atoms with Crippen LogP contribution in [0.1, 0.15) is 56.6 Å². The highest BCUT2D eigenvalue weighted by Crippen LogP contribution is 2.42. The van der Waals surface area contributed by atoms with Crippen molar-refractivity contribution in [3.63, 3.8) is 0 Å². The van der Waals surface area contributed by atoms with Crippen molar-refractivity contribution in [2.24, 2.45) is 0 Å². The molecule has 4 rings (SSSR count). The SMILES string of the molecule is C[C@H]1CCc2c(ccc(/C(C=N)=C/NC3CCN(C)CC3)c2OC2CCC2)N1C. The number of rotatable bonds is 6. The second kappa shape index (κ2) is 8.78. The Kier molecular flexibility index (Phi) is 6.14. The van der Waals surface area contributed by atoms with Crippen molar-refractivity contribution in [1.29, 1.82) is 5.41 Å². The van der Waals surface area contributed by atoms with E-state index in [2.05, 4.69) is 48.3 Å². The number of nitrogens with zero attached hydrogens (tertiary/aromatic N) is 2. The van der Waals surface area contributed by atoms with Gasteiger partial charge < -0.3 is 25.3 Å². The van der Waals surface area contributed by atoms with Crippen molar-refractivity contribution in [3.05, 3.63) is 29.5 Å². The van der Waals surface area contributed by atoms with Crippen LogP contribution >= 0.6 is 0 Å². The number of allylic oxidation sites excluding steroid dienone is 1. The fraction of sp³-hybridized carbons (Fsp3) is 0.625. The zero-order valence-electron chi connectivity index (χ0n) is 18.2. The predicted octanol–water partition coefficient (Wildman–Crippen LogP) is 4.06. The monoisotopic (exact) mass is 396 g/mol. The fourth-order valence-electron chi connectivity index (χ4n) is 4.57. The molecule has 0 unspecified atom stereocenters. The van der Waals surface area contributed by atoms with Gasteiger partial charge in [0.25, 0.3) is 0 Å². The van der Waals surface area contributed by atoms with E-state index >= 15 is 0 Å². The molecule has 3 aliphatic rings. The number of hydrogen-bond acceptors (Lipinski definition) is 5. The van der Waals surface area contributed by atoms with Gasteiger partial charge >= 0.3 is 0 Å². The third kappa shape index (κ3) is 4.30. The van der Waals surface area contributed by atoms with Crippen molar-refractivity contribution in [2.75, 3.05) is 32.1 Å². The number of hydrogen-bond donors (Lipinski definition) is 2. The minimum atomic E-state index is 0.332. The molecule has 5 nitrogen and oxygen atoms in total. The van der Waals surface area contributed by atoms with E-state index in [1.807, 2.05) is 6.20 Å². The molecule has 1 saturated heterocycles. The molecule has 1 aromatic carbocycles. The maximum absolute atomic E-state index is 8.09. The Hall–Kier alpha value is -2.01. The number of likely N-dealkylation sites (tertiary alicyclic amines) is 1. The van der Waals surface area contributed by atoms with E-state index in [0.717, 1.165) is 68.5 Å². The van der Waals surface area contributed by atoms with Crippen molar-refractivity contribution in [2.45, 2.75) is 70.1 Å². The molecular formula is C24H36N4O. The Bertz CT molecular complexity index is 762. The summed E-state index contributed by atoms with van der Waals surface area (Å²) in [6.07, 6.45) is 11.9. The van der Waals surface area contributed by atoms with Crippen LogP contribution in [-0.4, -0.2) is 56.5 Å². The van der Waals surface area contributed by atoms with Crippen molar-refractivity contribution in [3.8, 4) is 5.75 Å². The summed E-state index contributed by atoms with van der Waals surface area (Å²) in [7, 11) is 4.37. The van der Waals surface area contributed by atoms with Crippen LogP contribution in [0, 0.1) is 5.41 Å². The van der Waals surface area contributed by atoms with Gasteiger partial charge in [-0.15, -0.1) is 0 Å². The van der Waals surface area contributed by atoms with E-state index in [-0.39, 0.29) is 0 Å². The maximum Gasteiger partial charge on any atom is 0.132 e. The van der Waals surface area contributed by atoms with Crippen LogP contribution in [0.25, 0.3) is 5.57 Å². The first-order chi connectivity index (χ1) is 14.1. The van der Waals surface area contributed by atoms with E-state index in [1.54, 1.807) is 0 Å². The molecule has 2 fully saturated rings. The van der Waals surface area contributed by atoms with Crippen LogP contribution in [0.2, 0.25) is 0 Å². The van der Waals surface area contributed by atoms with Gasteiger partial charge in [-0.3, -0.25) is 0 Å². The lowest BCUT2D eigenvalue weighted by Gasteiger charge is -2.37. The number of ether oxygens (including phenoxy) is 1. The summed E-state index contributed by atoms with van der Waals surface area (Å²) in [6.45, 7) is 4.55. The summed E-state index contributed by atoms with van der Waals surface area (Å²) in [5, 5.41) is 11.7. The van der Waals surface area contributed by atoms with Crippen LogP contribution in [-0.2, 0) is 6.42 Å². The quantitative estimate of drug-likeness (QED) is 0.712. The number of piperidine rings is 1. The molecule has 1 saturated carbocycles. The van der Waals surface area contributed by atoms with Crippen LogP contribution in [0.15, 0.2) is 18.3 Å². The minimum absolute atomic E-state index is 0.332. The van der Waals surface area contributed by atoms with E-state index in [0.29, 0.717) is 18.2 Å². The molecule has 29 heavy (non-hydrogen) atoms. The van der Waals surface area contributed by atoms with Gasteiger partial charge in [-0.1, -0.05) is 0 Å². The van der Waals surface area contributed by atoms with Crippen molar-refractivity contribution >= 4 is 17.5 Å². The molecule has 2 aliphatic heterocycles. The van der Waals surface area contributed by atoms with Gasteiger partial charge in [0.1, 0.15) is 5.75 Å². The summed E-state index contributed by atoms with van der Waals surface area (Å²) in [4.78, 5) is 4.76. The summed E-state index contributed by atoms with van der Waals surface area (Å²) >= 11 is 0. The van der Waals surface area contributed by atoms with Crippen LogP contribution in [0.5, 0.6) is 5.75 Å². The van der Waals surface area contributed by atoms with Gasteiger partial charge in [-0.25, -0.2) is 0 Å². The molecule has 0 radical (unpaired) electrons. The van der Waals surface area contributed by atoms with Gasteiger partial charge in [0.15, 0.2) is 0 Å². The molecule has 1 atom stereocenters. The molecule has 158 valence electrons. The second-order valence-corrected chi connectivity index (χ2v) is 9.10. The standard InChI is InChI=1S/C24H36N4O/c1-17-7-8-22-23(28(17)3)10-9-21(24(22)29-20-5-4-6-20)18(15-25)16-26-19-11-13-27(2)14-12-19/h9-10,15-17,19-20,25-26H,4-8,11-14H2,1-3H3/b18-16+,25-15?/t17-/m0/s1. The Balaban J connectivity index is 1.63. The second-order valence-electron chi connectivity index (χ2n) is 9.10. The largest absolute Gasteiger partial charge is 0.489 e. The van der Waals surface area contributed by atoms with Gasteiger partial charge in [-0.2, -0.15) is 0 Å². The zero-order chi connectivity index (χ0) is 20.4. The highest BCUT2D eigenvalue weighted by Gasteiger charge is 2.28. The predicted molar refractivity (Wildman–Crippen MR) is 121 cm³/mol. The molecule has 2 heterocycles. The van der Waals surface area contributed by atoms with Gasteiger partial charge in [0.2, 0.25) is 0 Å². The highest BCUT2D eigenvalue weighted by molar-refractivity contribution is 6.09. The number of anilines is 1. The van der Waals surface area contributed by atoms with Crippen LogP contribution in [0.4, 0.5) is 5.69 Å². The first-order valence-corrected chi connectivity index (χ1v) is 11.3. The minimum Gasteiger partial charge on any atom is -0.489 e. The smallest absolute Gasteiger partial charge is 0.132 e. The molecule has 0 aromatic heterocycles. The van der Waals surface area contributed by atoms with E-state index in [9.17, 15) is 0 Å². The highest BCUT2D eigenvalue weighted by atomic mass is 16.5. The first kappa shape index (κ1) is 20.3. The number of nitrogens with one attached hydrogen (secondary N) is 2. The Morgan fingerprint density at radius 2 is 1.90 bits per heavy atom. The van der Waals surface area contributed by atoms with Crippen molar-refractivity contribution in [1.82, 2.24) is 10.2 Å². The zero-order valence-corrected chi connectivity index (χ0v) is 18.2. The van der Waals surface area contributed by atoms with Gasteiger partial charge in [-0.05, 0) is 84.1 Å². The van der Waals surface area contributed by atoms with E-state index in [4.69, 9.17) is 10.1 Å². The molecule has 5 heteroatoms. The molecule has 1 aliphatic carbocycles. The topological polar surface area (TPSA) is 51.6 Å². The summed E-state index contributed by atoms with van der Waals surface area (Å²) in [5.41, 5.74) is 4.59. The molecule has 1 aromatic rings. The Morgan fingerprint density at radius 3 is 2.55 bits per heavy atom. The lowest BCUT2D eigenvalue weighted by Crippen LogP contribution is -2.38.